The molecule has 14 heavy (non-hydrogen) atoms. The second kappa shape index (κ2) is 9.44. The maximum Gasteiger partial charge on any atom is 0.174 e. The Hall–Kier alpha value is -0.120. The summed E-state index contributed by atoms with van der Waals surface area (Å²) in [7, 11) is 0. The molecule has 3 nitrogen and oxygen atoms in total. The maximum absolute atomic E-state index is 9.36. The Morgan fingerprint density at radius 3 is 1.93 bits per heavy atom. The van der Waals surface area contributed by atoms with Crippen molar-refractivity contribution >= 4 is 0 Å². The van der Waals surface area contributed by atoms with Crippen molar-refractivity contribution in [2.75, 3.05) is 13.1 Å². The van der Waals surface area contributed by atoms with E-state index >= 15 is 0 Å². The van der Waals surface area contributed by atoms with Crippen LogP contribution in [0.3, 0.4) is 0 Å². The first-order chi connectivity index (χ1) is 6.74. The molecule has 0 aliphatic heterocycles. The molecule has 0 spiro atoms. The van der Waals surface area contributed by atoms with Gasteiger partial charge < -0.3 is 5.11 Å². The highest BCUT2D eigenvalue weighted by Crippen LogP contribution is 2.04. The van der Waals surface area contributed by atoms with Crippen molar-refractivity contribution in [3.05, 3.63) is 0 Å². The third-order valence-electron chi connectivity index (χ3n) is 2.14. The van der Waals surface area contributed by atoms with Crippen LogP contribution < -0.4 is 0 Å². The zero-order valence-electron chi connectivity index (χ0n) is 9.83. The minimum atomic E-state index is -0.635. The molecule has 0 aromatic rings. The lowest BCUT2D eigenvalue weighted by Gasteiger charge is -2.23. The predicted octanol–water partition coefficient (Wildman–Crippen LogP) is 2.55. The van der Waals surface area contributed by atoms with Crippen molar-refractivity contribution in [1.82, 2.24) is 5.06 Å². The number of hydrogen-bond donors (Lipinski definition) is 1. The van der Waals surface area contributed by atoms with E-state index in [1.165, 1.54) is 0 Å². The van der Waals surface area contributed by atoms with E-state index < -0.39 is 6.29 Å². The van der Waals surface area contributed by atoms with Gasteiger partial charge in [-0.05, 0) is 19.3 Å². The third kappa shape index (κ3) is 7.30. The van der Waals surface area contributed by atoms with Crippen LogP contribution in [0.25, 0.3) is 0 Å². The molecule has 0 rings (SSSR count). The smallest absolute Gasteiger partial charge is 0.174 e. The van der Waals surface area contributed by atoms with Crippen LogP contribution in [0.1, 0.15) is 52.9 Å². The molecule has 0 saturated heterocycles. The minimum Gasteiger partial charge on any atom is -0.366 e. The van der Waals surface area contributed by atoms with Crippen molar-refractivity contribution < 1.29 is 9.94 Å². The lowest BCUT2D eigenvalue weighted by Crippen LogP contribution is -2.31. The van der Waals surface area contributed by atoms with E-state index in [0.29, 0.717) is 6.42 Å². The van der Waals surface area contributed by atoms with Gasteiger partial charge in [-0.15, -0.1) is 0 Å². The molecule has 0 aliphatic carbocycles. The number of hydrogen-bond acceptors (Lipinski definition) is 3. The Bertz CT molecular complexity index is 112. The van der Waals surface area contributed by atoms with Crippen molar-refractivity contribution in [3.63, 3.8) is 0 Å². The van der Waals surface area contributed by atoms with Gasteiger partial charge in [0.15, 0.2) is 6.29 Å². The average Bonchev–Trinajstić information content (AvgIpc) is 2.21. The number of rotatable bonds is 9. The Kier molecular flexibility index (Phi) is 9.35. The van der Waals surface area contributed by atoms with Gasteiger partial charge in [0.25, 0.3) is 0 Å². The number of aliphatic hydroxyl groups is 1. The lowest BCUT2D eigenvalue weighted by atomic mass is 10.3. The fourth-order valence-corrected chi connectivity index (χ4v) is 1.13. The third-order valence-corrected chi connectivity index (χ3v) is 2.14. The molecule has 0 heterocycles. The summed E-state index contributed by atoms with van der Waals surface area (Å²) in [6.07, 6.45) is 4.58. The monoisotopic (exact) mass is 203 g/mol. The summed E-state index contributed by atoms with van der Waals surface area (Å²) >= 11 is 0. The van der Waals surface area contributed by atoms with Crippen molar-refractivity contribution in [2.24, 2.45) is 0 Å². The van der Waals surface area contributed by atoms with Gasteiger partial charge in [0, 0.05) is 13.1 Å². The van der Waals surface area contributed by atoms with Crippen LogP contribution in [0.4, 0.5) is 0 Å². The maximum atomic E-state index is 9.36. The van der Waals surface area contributed by atoms with Crippen LogP contribution in [0.5, 0.6) is 0 Å². The summed E-state index contributed by atoms with van der Waals surface area (Å²) in [6, 6.07) is 0. The topological polar surface area (TPSA) is 32.7 Å². The van der Waals surface area contributed by atoms with E-state index in [1.807, 2.05) is 12.0 Å². The molecule has 3 heteroatoms. The van der Waals surface area contributed by atoms with E-state index in [-0.39, 0.29) is 0 Å². The van der Waals surface area contributed by atoms with E-state index in [2.05, 4.69) is 13.8 Å². The van der Waals surface area contributed by atoms with Crippen LogP contribution in [0, 0.1) is 0 Å². The van der Waals surface area contributed by atoms with Gasteiger partial charge >= 0.3 is 0 Å². The van der Waals surface area contributed by atoms with Gasteiger partial charge in [-0.2, -0.15) is 5.06 Å². The molecular weight excluding hydrogens is 178 g/mol. The van der Waals surface area contributed by atoms with Gasteiger partial charge in [-0.25, -0.2) is 0 Å². The molecule has 0 aromatic heterocycles. The summed E-state index contributed by atoms with van der Waals surface area (Å²) < 4.78 is 0. The molecule has 1 N–H and O–H groups in total. The molecule has 0 saturated carbocycles. The molecule has 0 bridgehead atoms. The summed E-state index contributed by atoms with van der Waals surface area (Å²) in [5.41, 5.74) is 0. The predicted molar refractivity (Wildman–Crippen MR) is 58.8 cm³/mol. The van der Waals surface area contributed by atoms with Gasteiger partial charge in [0.2, 0.25) is 0 Å². The van der Waals surface area contributed by atoms with Gasteiger partial charge in [0.05, 0.1) is 0 Å². The second-order valence-corrected chi connectivity index (χ2v) is 3.60. The number of hydroxylamine groups is 2. The normalized spacial score (nSPS) is 13.5. The van der Waals surface area contributed by atoms with Crippen LogP contribution in [-0.2, 0) is 4.84 Å². The van der Waals surface area contributed by atoms with Crippen molar-refractivity contribution in [2.45, 2.75) is 59.2 Å². The second-order valence-electron chi connectivity index (χ2n) is 3.60. The number of aliphatic hydroxyl groups excluding tert-OH is 1. The van der Waals surface area contributed by atoms with E-state index in [9.17, 15) is 5.11 Å². The molecule has 0 amide bonds. The first-order valence-electron chi connectivity index (χ1n) is 5.84. The fourth-order valence-electron chi connectivity index (χ4n) is 1.13. The van der Waals surface area contributed by atoms with Crippen LogP contribution in [-0.4, -0.2) is 29.5 Å². The van der Waals surface area contributed by atoms with Crippen molar-refractivity contribution in [1.29, 1.82) is 0 Å². The van der Waals surface area contributed by atoms with Crippen LogP contribution in [0.2, 0.25) is 0 Å². The number of nitrogens with zero attached hydrogens (tertiary/aromatic N) is 1. The first-order valence-corrected chi connectivity index (χ1v) is 5.84. The summed E-state index contributed by atoms with van der Waals surface area (Å²) in [5, 5.41) is 11.3. The number of unbranched alkanes of at least 4 members (excludes halogenated alkanes) is 2. The Morgan fingerprint density at radius 2 is 1.57 bits per heavy atom. The summed E-state index contributed by atoms with van der Waals surface area (Å²) in [5.74, 6) is 0. The standard InChI is InChI=1S/C11H25NO2/c1-4-7-9-12(10-8-5-2)14-11(13)6-3/h11,13H,4-10H2,1-3H3. The average molecular weight is 203 g/mol. The quantitative estimate of drug-likeness (QED) is 0.462. The Labute approximate surface area is 88.0 Å². The fraction of sp³-hybridized carbons (Fsp3) is 1.00. The SMILES string of the molecule is CCCCN(CCCC)OC(O)CC. The van der Waals surface area contributed by atoms with Crippen LogP contribution in [0.15, 0.2) is 0 Å². The summed E-state index contributed by atoms with van der Waals surface area (Å²) in [4.78, 5) is 5.39. The molecule has 0 aliphatic rings. The summed E-state index contributed by atoms with van der Waals surface area (Å²) in [6.45, 7) is 8.09. The lowest BCUT2D eigenvalue weighted by molar-refractivity contribution is -0.265. The van der Waals surface area contributed by atoms with Gasteiger partial charge in [-0.1, -0.05) is 33.6 Å². The highest BCUT2D eigenvalue weighted by molar-refractivity contribution is 4.48. The zero-order valence-corrected chi connectivity index (χ0v) is 9.83. The molecular formula is C11H25NO2. The van der Waals surface area contributed by atoms with Gasteiger partial charge in [-0.3, -0.25) is 4.84 Å². The highest BCUT2D eigenvalue weighted by atomic mass is 16.8. The van der Waals surface area contributed by atoms with E-state index in [4.69, 9.17) is 4.84 Å². The molecule has 86 valence electrons. The highest BCUT2D eigenvalue weighted by Gasteiger charge is 2.09. The molecule has 1 atom stereocenters. The van der Waals surface area contributed by atoms with Gasteiger partial charge in [0.1, 0.15) is 0 Å². The minimum absolute atomic E-state index is 0.635. The molecule has 0 fully saturated rings. The molecule has 1 unspecified atom stereocenters. The van der Waals surface area contributed by atoms with Crippen molar-refractivity contribution in [3.8, 4) is 0 Å². The van der Waals surface area contributed by atoms with E-state index in [1.54, 1.807) is 0 Å². The molecule has 0 aromatic carbocycles. The Morgan fingerprint density at radius 1 is 1.07 bits per heavy atom. The first kappa shape index (κ1) is 13.9. The zero-order chi connectivity index (χ0) is 10.8. The van der Waals surface area contributed by atoms with Crippen LogP contribution >= 0.6 is 0 Å². The largest absolute Gasteiger partial charge is 0.366 e. The molecule has 0 radical (unpaired) electrons. The Balaban J connectivity index is 3.71. The van der Waals surface area contributed by atoms with E-state index in [0.717, 1.165) is 38.8 Å².